The van der Waals surface area contributed by atoms with E-state index in [1.165, 1.54) is 19.3 Å². The van der Waals surface area contributed by atoms with Crippen LogP contribution < -0.4 is 5.73 Å². The summed E-state index contributed by atoms with van der Waals surface area (Å²) in [5, 5.41) is 0. The van der Waals surface area contributed by atoms with Crippen LogP contribution in [-0.2, 0) is 4.79 Å². The van der Waals surface area contributed by atoms with Gasteiger partial charge < -0.3 is 10.6 Å². The predicted molar refractivity (Wildman–Crippen MR) is 66.0 cm³/mol. The number of likely N-dealkylation sites (tertiary alicyclic amines) is 1. The molecule has 3 nitrogen and oxygen atoms in total. The second kappa shape index (κ2) is 7.12. The first-order valence-electron chi connectivity index (χ1n) is 5.85. The Morgan fingerprint density at radius 1 is 1.40 bits per heavy atom. The Hall–Kier alpha value is -0.220. The van der Waals surface area contributed by atoms with Crippen LogP contribution in [0.2, 0.25) is 0 Å². The predicted octanol–water partition coefficient (Wildman–Crippen LogP) is 1.47. The van der Waals surface area contributed by atoms with E-state index < -0.39 is 0 Å². The van der Waals surface area contributed by atoms with Crippen LogP contribution in [0.5, 0.6) is 0 Å². The minimum absolute atomic E-state index is 0.240. The van der Waals surface area contributed by atoms with E-state index in [2.05, 4.69) is 6.92 Å². The van der Waals surface area contributed by atoms with Gasteiger partial charge in [-0.15, -0.1) is 0 Å². The normalized spacial score (nSPS) is 18.9. The third kappa shape index (κ3) is 4.89. The molecule has 0 aromatic rings. The molecule has 15 heavy (non-hydrogen) atoms. The molecule has 0 aromatic heterocycles. The van der Waals surface area contributed by atoms with E-state index in [1.807, 2.05) is 4.90 Å². The van der Waals surface area contributed by atoms with E-state index in [1.54, 1.807) is 11.8 Å². The quantitative estimate of drug-likeness (QED) is 0.778. The maximum atomic E-state index is 11.7. The van der Waals surface area contributed by atoms with Crippen molar-refractivity contribution in [1.29, 1.82) is 0 Å². The van der Waals surface area contributed by atoms with Crippen LogP contribution >= 0.6 is 11.8 Å². The molecule has 0 radical (unpaired) electrons. The number of thioether (sulfide) groups is 1. The van der Waals surface area contributed by atoms with E-state index in [4.69, 9.17) is 5.73 Å². The van der Waals surface area contributed by atoms with Crippen molar-refractivity contribution in [2.45, 2.75) is 38.6 Å². The average molecular weight is 230 g/mol. The first-order chi connectivity index (χ1) is 7.24. The molecule has 4 heteroatoms. The smallest absolute Gasteiger partial charge is 0.232 e. The van der Waals surface area contributed by atoms with Gasteiger partial charge in [-0.05, 0) is 25.7 Å². The van der Waals surface area contributed by atoms with Crippen molar-refractivity contribution < 1.29 is 4.79 Å². The van der Waals surface area contributed by atoms with Gasteiger partial charge in [0.25, 0.3) is 0 Å². The van der Waals surface area contributed by atoms with Gasteiger partial charge in [-0.3, -0.25) is 4.79 Å². The number of piperidine rings is 1. The Morgan fingerprint density at radius 3 is 2.67 bits per heavy atom. The Bertz CT molecular complexity index is 193. The lowest BCUT2D eigenvalue weighted by molar-refractivity contribution is -0.129. The maximum Gasteiger partial charge on any atom is 0.232 e. The fourth-order valence-electron chi connectivity index (χ4n) is 1.65. The van der Waals surface area contributed by atoms with Crippen LogP contribution in [0.4, 0.5) is 0 Å². The molecular formula is C11H22N2OS. The van der Waals surface area contributed by atoms with Gasteiger partial charge in [0.1, 0.15) is 0 Å². The summed E-state index contributed by atoms with van der Waals surface area (Å²) in [6.45, 7) is 4.00. The molecule has 0 spiro atoms. The van der Waals surface area contributed by atoms with Crippen molar-refractivity contribution in [1.82, 2.24) is 4.90 Å². The van der Waals surface area contributed by atoms with Crippen molar-refractivity contribution in [2.75, 3.05) is 24.6 Å². The molecule has 1 aliphatic rings. The highest BCUT2D eigenvalue weighted by atomic mass is 32.2. The van der Waals surface area contributed by atoms with Gasteiger partial charge in [-0.2, -0.15) is 11.8 Å². The molecule has 0 saturated carbocycles. The van der Waals surface area contributed by atoms with Crippen LogP contribution in [0.1, 0.15) is 32.6 Å². The van der Waals surface area contributed by atoms with Crippen LogP contribution in [0.3, 0.4) is 0 Å². The topological polar surface area (TPSA) is 46.3 Å². The number of carbonyl (C=O) groups excluding carboxylic acids is 1. The third-order valence-electron chi connectivity index (χ3n) is 2.79. The van der Waals surface area contributed by atoms with Crippen LogP contribution in [-0.4, -0.2) is 41.4 Å². The van der Waals surface area contributed by atoms with E-state index in [9.17, 15) is 4.79 Å². The highest BCUT2D eigenvalue weighted by Crippen LogP contribution is 2.11. The van der Waals surface area contributed by atoms with Crippen molar-refractivity contribution in [3.8, 4) is 0 Å². The lowest BCUT2D eigenvalue weighted by atomic mass is 10.1. The number of rotatable bonds is 5. The molecule has 1 rings (SSSR count). The van der Waals surface area contributed by atoms with Gasteiger partial charge in [0.05, 0.1) is 5.75 Å². The Kier molecular flexibility index (Phi) is 6.10. The minimum Gasteiger partial charge on any atom is -0.342 e. The summed E-state index contributed by atoms with van der Waals surface area (Å²) in [7, 11) is 0. The molecule has 1 aliphatic heterocycles. The van der Waals surface area contributed by atoms with Gasteiger partial charge in [0, 0.05) is 24.9 Å². The summed E-state index contributed by atoms with van der Waals surface area (Å²) in [5.74, 6) is 1.80. The third-order valence-corrected chi connectivity index (χ3v) is 3.91. The van der Waals surface area contributed by atoms with E-state index >= 15 is 0 Å². The molecule has 1 fully saturated rings. The molecule has 2 N–H and O–H groups in total. The summed E-state index contributed by atoms with van der Waals surface area (Å²) in [6.07, 6.45) is 4.61. The first-order valence-corrected chi connectivity index (χ1v) is 7.00. The van der Waals surface area contributed by atoms with Gasteiger partial charge in [0.2, 0.25) is 5.91 Å². The Morgan fingerprint density at radius 2 is 2.07 bits per heavy atom. The second-order valence-corrected chi connectivity index (χ2v) is 5.16. The Labute approximate surface area is 96.8 Å². The zero-order chi connectivity index (χ0) is 11.1. The van der Waals surface area contributed by atoms with Crippen molar-refractivity contribution in [3.05, 3.63) is 0 Å². The fourth-order valence-corrected chi connectivity index (χ4v) is 2.66. The van der Waals surface area contributed by atoms with Crippen molar-refractivity contribution >= 4 is 17.7 Å². The summed E-state index contributed by atoms with van der Waals surface area (Å²) in [6, 6.07) is 0.240. The zero-order valence-electron chi connectivity index (χ0n) is 9.58. The standard InChI is InChI=1S/C11H22N2OS/c1-2-10(12)8-15-9-11(14)13-6-4-3-5-7-13/h10H,2-9,12H2,1H3. The molecule has 1 saturated heterocycles. The molecular weight excluding hydrogens is 208 g/mol. The van der Waals surface area contributed by atoms with Gasteiger partial charge in [0.15, 0.2) is 0 Å². The summed E-state index contributed by atoms with van der Waals surface area (Å²) in [4.78, 5) is 13.7. The number of carbonyl (C=O) groups is 1. The van der Waals surface area contributed by atoms with Crippen LogP contribution in [0, 0.1) is 0 Å². The molecule has 1 unspecified atom stereocenters. The average Bonchev–Trinajstić information content (AvgIpc) is 2.29. The van der Waals surface area contributed by atoms with Crippen molar-refractivity contribution in [2.24, 2.45) is 5.73 Å². The molecule has 1 atom stereocenters. The minimum atomic E-state index is 0.240. The van der Waals surface area contributed by atoms with E-state index in [0.717, 1.165) is 25.3 Å². The number of hydrogen-bond acceptors (Lipinski definition) is 3. The van der Waals surface area contributed by atoms with Gasteiger partial charge in [-0.25, -0.2) is 0 Å². The van der Waals surface area contributed by atoms with Crippen LogP contribution in [0.25, 0.3) is 0 Å². The maximum absolute atomic E-state index is 11.7. The molecule has 0 bridgehead atoms. The lowest BCUT2D eigenvalue weighted by Gasteiger charge is -2.26. The molecule has 88 valence electrons. The molecule has 0 aromatic carbocycles. The second-order valence-electron chi connectivity index (χ2n) is 4.12. The fraction of sp³-hybridized carbons (Fsp3) is 0.909. The zero-order valence-corrected chi connectivity index (χ0v) is 10.4. The summed E-state index contributed by atoms with van der Waals surface area (Å²) < 4.78 is 0. The monoisotopic (exact) mass is 230 g/mol. The largest absolute Gasteiger partial charge is 0.342 e. The molecule has 1 amide bonds. The lowest BCUT2D eigenvalue weighted by Crippen LogP contribution is -2.37. The number of nitrogens with zero attached hydrogens (tertiary/aromatic N) is 1. The highest BCUT2D eigenvalue weighted by molar-refractivity contribution is 7.99. The van der Waals surface area contributed by atoms with Crippen LogP contribution in [0.15, 0.2) is 0 Å². The SMILES string of the molecule is CCC(N)CSCC(=O)N1CCCCC1. The molecule has 1 heterocycles. The highest BCUT2D eigenvalue weighted by Gasteiger charge is 2.16. The molecule has 0 aliphatic carbocycles. The van der Waals surface area contributed by atoms with E-state index in [0.29, 0.717) is 11.7 Å². The summed E-state index contributed by atoms with van der Waals surface area (Å²) in [5.41, 5.74) is 5.79. The van der Waals surface area contributed by atoms with Crippen molar-refractivity contribution in [3.63, 3.8) is 0 Å². The number of hydrogen-bond donors (Lipinski definition) is 1. The Balaban J connectivity index is 2.12. The summed E-state index contributed by atoms with van der Waals surface area (Å²) >= 11 is 1.67. The van der Waals surface area contributed by atoms with E-state index in [-0.39, 0.29) is 6.04 Å². The number of nitrogens with two attached hydrogens (primary N) is 1. The first kappa shape index (κ1) is 12.8. The number of amides is 1. The van der Waals surface area contributed by atoms with Gasteiger partial charge in [-0.1, -0.05) is 6.92 Å². The van der Waals surface area contributed by atoms with Gasteiger partial charge >= 0.3 is 0 Å².